The maximum Gasteiger partial charge on any atom is 0.428 e. The second kappa shape index (κ2) is 8.03. The van der Waals surface area contributed by atoms with Gasteiger partial charge in [-0.15, -0.1) is 0 Å². The number of nitrogens with zero attached hydrogens (tertiary/aromatic N) is 1. The molecular weight excluding hydrogens is 344 g/mol. The first-order valence-corrected chi connectivity index (χ1v) is 9.01. The summed E-state index contributed by atoms with van der Waals surface area (Å²) in [5, 5.41) is 0. The van der Waals surface area contributed by atoms with E-state index in [0.717, 1.165) is 30.3 Å². The molecule has 1 atom stereocenters. The molecule has 6 heteroatoms. The molecule has 0 fully saturated rings. The number of aromatic nitrogens is 1. The first-order valence-electron chi connectivity index (χ1n) is 9.01. The highest BCUT2D eigenvalue weighted by atomic mass is 16.4. The van der Waals surface area contributed by atoms with Gasteiger partial charge in [-0.05, 0) is 43.0 Å². The number of benzene rings is 2. The van der Waals surface area contributed by atoms with Crippen LogP contribution >= 0.6 is 0 Å². The lowest BCUT2D eigenvalue weighted by Crippen LogP contribution is -2.28. The lowest BCUT2D eigenvalue weighted by molar-refractivity contribution is 0.0922. The Morgan fingerprint density at radius 1 is 1.11 bits per heavy atom. The third-order valence-electron chi connectivity index (χ3n) is 4.73. The highest BCUT2D eigenvalue weighted by Crippen LogP contribution is 2.20. The van der Waals surface area contributed by atoms with E-state index in [1.165, 1.54) is 17.7 Å². The van der Waals surface area contributed by atoms with Crippen LogP contribution in [-0.2, 0) is 6.42 Å². The number of rotatable bonds is 7. The number of fused-ring (bicyclic) bond motifs is 1. The molecule has 3 rings (SSSR count). The van der Waals surface area contributed by atoms with Crippen LogP contribution in [0.15, 0.2) is 57.7 Å². The first-order chi connectivity index (χ1) is 13.0. The summed E-state index contributed by atoms with van der Waals surface area (Å²) in [6, 6.07) is 14.0. The van der Waals surface area contributed by atoms with Crippen molar-refractivity contribution in [3.05, 3.63) is 70.2 Å². The predicted octanol–water partition coefficient (Wildman–Crippen LogP) is 3.75. The molecule has 2 aromatic carbocycles. The van der Waals surface area contributed by atoms with Gasteiger partial charge in [-0.2, -0.15) is 4.57 Å². The molecular formula is C21H22N2O4. The molecule has 3 aromatic rings. The summed E-state index contributed by atoms with van der Waals surface area (Å²) in [4.78, 5) is 35.7. The number of primary amides is 1. The molecule has 1 aromatic heterocycles. The Bertz CT molecular complexity index is 1020. The number of oxazole rings is 1. The zero-order valence-electron chi connectivity index (χ0n) is 15.2. The standard InChI is InChI=1S/C21H22N2O4/c1-14(7-5-6-10-15-8-3-2-4-9-15)19(24)16-11-12-17-18(13-16)27-21(26)23(17)20(22)25/h2-4,8-9,11-14H,5-7,10H2,1H3,(H2,22,25). The molecule has 0 radical (unpaired) electrons. The number of amides is 1. The molecule has 6 nitrogen and oxygen atoms in total. The van der Waals surface area contributed by atoms with Crippen molar-refractivity contribution < 1.29 is 14.0 Å². The summed E-state index contributed by atoms with van der Waals surface area (Å²) in [6.45, 7) is 1.90. The number of ketones is 1. The van der Waals surface area contributed by atoms with E-state index >= 15 is 0 Å². The van der Waals surface area contributed by atoms with Crippen molar-refractivity contribution in [3.8, 4) is 0 Å². The van der Waals surface area contributed by atoms with E-state index in [1.807, 2.05) is 25.1 Å². The van der Waals surface area contributed by atoms with Crippen LogP contribution in [0.2, 0.25) is 0 Å². The van der Waals surface area contributed by atoms with E-state index < -0.39 is 11.8 Å². The number of nitrogens with two attached hydrogens (primary N) is 1. The Morgan fingerprint density at radius 2 is 1.85 bits per heavy atom. The zero-order valence-corrected chi connectivity index (χ0v) is 15.2. The van der Waals surface area contributed by atoms with Crippen molar-refractivity contribution in [1.29, 1.82) is 0 Å². The Hall–Kier alpha value is -3.15. The maximum absolute atomic E-state index is 12.7. The smallest absolute Gasteiger partial charge is 0.407 e. The number of carbonyl (C=O) groups excluding carboxylic acids is 2. The zero-order chi connectivity index (χ0) is 19.4. The molecule has 0 saturated heterocycles. The maximum atomic E-state index is 12.7. The minimum Gasteiger partial charge on any atom is -0.407 e. The molecule has 0 aliphatic carbocycles. The van der Waals surface area contributed by atoms with Crippen LogP contribution in [0.1, 0.15) is 42.1 Å². The topological polar surface area (TPSA) is 95.3 Å². The third kappa shape index (κ3) is 4.16. The van der Waals surface area contributed by atoms with Gasteiger partial charge in [0.25, 0.3) is 0 Å². The number of hydrogen-bond acceptors (Lipinski definition) is 4. The molecule has 27 heavy (non-hydrogen) atoms. The van der Waals surface area contributed by atoms with E-state index in [-0.39, 0.29) is 22.8 Å². The number of hydrogen-bond donors (Lipinski definition) is 1. The van der Waals surface area contributed by atoms with Crippen molar-refractivity contribution in [2.24, 2.45) is 11.7 Å². The van der Waals surface area contributed by atoms with Crippen molar-refractivity contribution in [2.75, 3.05) is 0 Å². The number of aryl methyl sites for hydroxylation is 1. The van der Waals surface area contributed by atoms with Gasteiger partial charge in [0.2, 0.25) is 0 Å². The molecule has 1 unspecified atom stereocenters. The van der Waals surface area contributed by atoms with Crippen LogP contribution in [0.3, 0.4) is 0 Å². The van der Waals surface area contributed by atoms with Gasteiger partial charge in [-0.1, -0.05) is 43.7 Å². The molecule has 1 heterocycles. The van der Waals surface area contributed by atoms with Gasteiger partial charge in [0.05, 0.1) is 5.52 Å². The summed E-state index contributed by atoms with van der Waals surface area (Å²) in [7, 11) is 0. The fourth-order valence-corrected chi connectivity index (χ4v) is 3.22. The molecule has 0 saturated carbocycles. The van der Waals surface area contributed by atoms with Crippen LogP contribution in [0.25, 0.3) is 11.1 Å². The second-order valence-corrected chi connectivity index (χ2v) is 6.72. The van der Waals surface area contributed by atoms with E-state index in [9.17, 15) is 14.4 Å². The first kappa shape index (κ1) is 18.6. The van der Waals surface area contributed by atoms with E-state index in [4.69, 9.17) is 10.2 Å². The van der Waals surface area contributed by atoms with Crippen LogP contribution in [0, 0.1) is 5.92 Å². The Labute approximate surface area is 156 Å². The monoisotopic (exact) mass is 366 g/mol. The summed E-state index contributed by atoms with van der Waals surface area (Å²) < 4.78 is 5.78. The minimum atomic E-state index is -0.912. The van der Waals surface area contributed by atoms with Gasteiger partial charge in [0.15, 0.2) is 11.4 Å². The Balaban J connectivity index is 1.62. The quantitative estimate of drug-likeness (QED) is 0.509. The summed E-state index contributed by atoms with van der Waals surface area (Å²) >= 11 is 0. The molecule has 1 amide bonds. The lowest BCUT2D eigenvalue weighted by Gasteiger charge is -2.10. The van der Waals surface area contributed by atoms with Gasteiger partial charge in [-0.3, -0.25) is 4.79 Å². The molecule has 140 valence electrons. The molecule has 0 aliphatic heterocycles. The van der Waals surface area contributed by atoms with Crippen LogP contribution in [0.4, 0.5) is 4.79 Å². The predicted molar refractivity (Wildman–Crippen MR) is 103 cm³/mol. The van der Waals surface area contributed by atoms with Crippen LogP contribution in [-0.4, -0.2) is 16.4 Å². The largest absolute Gasteiger partial charge is 0.428 e. The number of Topliss-reactive ketones (excluding diaryl/α,β-unsaturated/α-hetero) is 1. The van der Waals surface area contributed by atoms with E-state index in [0.29, 0.717) is 5.56 Å². The van der Waals surface area contributed by atoms with Crippen molar-refractivity contribution in [1.82, 2.24) is 4.57 Å². The van der Waals surface area contributed by atoms with E-state index in [2.05, 4.69) is 12.1 Å². The Morgan fingerprint density at radius 3 is 2.56 bits per heavy atom. The average Bonchev–Trinajstić information content (AvgIpc) is 3.00. The molecule has 2 N–H and O–H groups in total. The van der Waals surface area contributed by atoms with Gasteiger partial charge >= 0.3 is 11.8 Å². The minimum absolute atomic E-state index is 0.00825. The van der Waals surface area contributed by atoms with Gasteiger partial charge in [-0.25, -0.2) is 9.59 Å². The summed E-state index contributed by atoms with van der Waals surface area (Å²) in [5.74, 6) is -0.995. The van der Waals surface area contributed by atoms with Crippen molar-refractivity contribution in [3.63, 3.8) is 0 Å². The van der Waals surface area contributed by atoms with E-state index in [1.54, 1.807) is 6.07 Å². The van der Waals surface area contributed by atoms with Crippen molar-refractivity contribution >= 4 is 22.9 Å². The Kier molecular flexibility index (Phi) is 5.54. The number of unbranched alkanes of at least 4 members (excludes halogenated alkanes) is 1. The van der Waals surface area contributed by atoms with Crippen LogP contribution in [0.5, 0.6) is 0 Å². The van der Waals surface area contributed by atoms with Crippen LogP contribution < -0.4 is 11.5 Å². The number of carbonyl (C=O) groups is 2. The SMILES string of the molecule is CC(CCCCc1ccccc1)C(=O)c1ccc2c(c1)oc(=O)n2C(N)=O. The summed E-state index contributed by atoms with van der Waals surface area (Å²) in [6.07, 6.45) is 3.77. The third-order valence-corrected chi connectivity index (χ3v) is 4.73. The summed E-state index contributed by atoms with van der Waals surface area (Å²) in [5.41, 5.74) is 7.39. The van der Waals surface area contributed by atoms with Crippen molar-refractivity contribution in [2.45, 2.75) is 32.6 Å². The molecule has 0 spiro atoms. The average molecular weight is 366 g/mol. The highest BCUT2D eigenvalue weighted by molar-refractivity contribution is 6.00. The van der Waals surface area contributed by atoms with Gasteiger partial charge in [0.1, 0.15) is 0 Å². The molecule has 0 bridgehead atoms. The fraction of sp³-hybridized carbons (Fsp3) is 0.286. The second-order valence-electron chi connectivity index (χ2n) is 6.72. The van der Waals surface area contributed by atoms with Gasteiger partial charge in [0, 0.05) is 11.5 Å². The lowest BCUT2D eigenvalue weighted by atomic mass is 9.93. The fourth-order valence-electron chi connectivity index (χ4n) is 3.22. The highest BCUT2D eigenvalue weighted by Gasteiger charge is 2.19. The molecule has 0 aliphatic rings. The van der Waals surface area contributed by atoms with Gasteiger partial charge < -0.3 is 10.2 Å². The normalized spacial score (nSPS) is 12.2.